The van der Waals surface area contributed by atoms with Gasteiger partial charge in [0.25, 0.3) is 10.0 Å². The van der Waals surface area contributed by atoms with Gasteiger partial charge in [-0.1, -0.05) is 22.0 Å². The molecular weight excluding hydrogens is 424 g/mol. The molecule has 0 saturated heterocycles. The van der Waals surface area contributed by atoms with Gasteiger partial charge in [-0.3, -0.25) is 0 Å². The first-order chi connectivity index (χ1) is 12.3. The maximum absolute atomic E-state index is 12.5. The molecule has 2 rings (SSSR count). The zero-order valence-corrected chi connectivity index (χ0v) is 17.1. The lowest BCUT2D eigenvalue weighted by Crippen LogP contribution is -2.19. The average molecular weight is 443 g/mol. The quantitative estimate of drug-likeness (QED) is 0.525. The number of sulfonamides is 1. The van der Waals surface area contributed by atoms with E-state index in [-0.39, 0.29) is 10.6 Å². The molecule has 0 aliphatic heterocycles. The fraction of sp³-hybridized carbons (Fsp3) is 0.235. The summed E-state index contributed by atoms with van der Waals surface area (Å²) in [5.41, 5.74) is 1.33. The topological polar surface area (TPSA) is 86.2 Å². The van der Waals surface area contributed by atoms with Crippen molar-refractivity contribution < 1.29 is 22.6 Å². The molecule has 0 unspecified atom stereocenters. The van der Waals surface area contributed by atoms with Crippen molar-refractivity contribution in [2.45, 2.75) is 11.8 Å². The fourth-order valence-corrected chi connectivity index (χ4v) is 3.76. The number of nitrogens with zero attached hydrogens (tertiary/aromatic N) is 1. The highest BCUT2D eigenvalue weighted by atomic mass is 79.9. The van der Waals surface area contributed by atoms with Crippen LogP contribution in [0.3, 0.4) is 0 Å². The first kappa shape index (κ1) is 20.1. The van der Waals surface area contributed by atoms with E-state index in [1.54, 1.807) is 31.2 Å². The summed E-state index contributed by atoms with van der Waals surface area (Å²) < 4.78 is 41.5. The van der Waals surface area contributed by atoms with Gasteiger partial charge in [0.15, 0.2) is 11.5 Å². The van der Waals surface area contributed by atoms with Gasteiger partial charge in [0.1, 0.15) is 10.6 Å². The van der Waals surface area contributed by atoms with Gasteiger partial charge in [0.05, 0.1) is 27.5 Å². The lowest BCUT2D eigenvalue weighted by Gasteiger charge is -2.11. The second kappa shape index (κ2) is 8.41. The van der Waals surface area contributed by atoms with Crippen molar-refractivity contribution in [3.8, 4) is 17.2 Å². The lowest BCUT2D eigenvalue weighted by molar-refractivity contribution is 0.354. The number of ether oxygens (including phenoxy) is 3. The summed E-state index contributed by atoms with van der Waals surface area (Å²) in [6.07, 6.45) is 1.34. The maximum Gasteiger partial charge on any atom is 0.280 e. The molecule has 0 fully saturated rings. The third-order valence-corrected chi connectivity index (χ3v) is 5.16. The second-order valence-corrected chi connectivity index (χ2v) is 7.78. The van der Waals surface area contributed by atoms with E-state index < -0.39 is 10.0 Å². The van der Waals surface area contributed by atoms with Crippen molar-refractivity contribution in [3.05, 3.63) is 45.9 Å². The average Bonchev–Trinajstić information content (AvgIpc) is 2.61. The van der Waals surface area contributed by atoms with Gasteiger partial charge in [0.2, 0.25) is 0 Å². The molecule has 9 heteroatoms. The first-order valence-corrected chi connectivity index (χ1v) is 9.71. The van der Waals surface area contributed by atoms with Crippen molar-refractivity contribution >= 4 is 32.2 Å². The summed E-state index contributed by atoms with van der Waals surface area (Å²) in [5.74, 6) is 1.17. The van der Waals surface area contributed by atoms with E-state index in [0.29, 0.717) is 17.1 Å². The highest BCUT2D eigenvalue weighted by Crippen LogP contribution is 2.33. The molecular formula is C17H19BrN2O5S. The molecule has 2 aromatic carbocycles. The molecule has 0 aliphatic carbocycles. The summed E-state index contributed by atoms with van der Waals surface area (Å²) in [5, 5.41) is 3.84. The summed E-state index contributed by atoms with van der Waals surface area (Å²) in [6.45, 7) is 1.79. The predicted octanol–water partition coefficient (Wildman–Crippen LogP) is 3.10. The number of aryl methyl sites for hydroxylation is 1. The highest BCUT2D eigenvalue weighted by molar-refractivity contribution is 9.10. The van der Waals surface area contributed by atoms with Crippen molar-refractivity contribution in [2.24, 2.45) is 5.10 Å². The third kappa shape index (κ3) is 4.47. The number of hydrogen-bond acceptors (Lipinski definition) is 6. The van der Waals surface area contributed by atoms with Gasteiger partial charge in [-0.25, -0.2) is 0 Å². The molecule has 26 heavy (non-hydrogen) atoms. The van der Waals surface area contributed by atoms with Crippen LogP contribution in [0.2, 0.25) is 0 Å². The number of halogens is 1. The van der Waals surface area contributed by atoms with Gasteiger partial charge in [-0.15, -0.1) is 0 Å². The van der Waals surface area contributed by atoms with E-state index in [1.807, 2.05) is 0 Å². The van der Waals surface area contributed by atoms with Crippen molar-refractivity contribution in [1.29, 1.82) is 0 Å². The van der Waals surface area contributed by atoms with Gasteiger partial charge in [-0.2, -0.15) is 18.4 Å². The van der Waals surface area contributed by atoms with Crippen LogP contribution >= 0.6 is 15.9 Å². The standard InChI is InChI=1S/C17H19BrN2O5S/c1-11-5-6-14(23-2)16(7-11)26(21,22)20-19-10-12-8-13(18)9-15(24-3)17(12)25-4/h5-10,20H,1-4H3/b19-10+. The molecule has 2 aromatic rings. The molecule has 7 nitrogen and oxygen atoms in total. The van der Waals surface area contributed by atoms with Crippen molar-refractivity contribution in [3.63, 3.8) is 0 Å². The number of hydrazone groups is 1. The van der Waals surface area contributed by atoms with E-state index in [2.05, 4.69) is 25.9 Å². The first-order valence-electron chi connectivity index (χ1n) is 7.43. The summed E-state index contributed by atoms with van der Waals surface area (Å²) in [7, 11) is 0.513. The number of benzene rings is 2. The van der Waals surface area contributed by atoms with E-state index in [1.165, 1.54) is 33.6 Å². The van der Waals surface area contributed by atoms with E-state index in [4.69, 9.17) is 14.2 Å². The molecule has 0 radical (unpaired) electrons. The zero-order chi connectivity index (χ0) is 19.3. The van der Waals surface area contributed by atoms with Crippen molar-refractivity contribution in [2.75, 3.05) is 21.3 Å². The van der Waals surface area contributed by atoms with Crippen molar-refractivity contribution in [1.82, 2.24) is 4.83 Å². The van der Waals surface area contributed by atoms with E-state index >= 15 is 0 Å². The summed E-state index contributed by atoms with van der Waals surface area (Å²) in [6, 6.07) is 8.33. The Morgan fingerprint density at radius 1 is 1.04 bits per heavy atom. The smallest absolute Gasteiger partial charge is 0.280 e. The Morgan fingerprint density at radius 2 is 1.73 bits per heavy atom. The van der Waals surface area contributed by atoms with E-state index in [0.717, 1.165) is 10.0 Å². The molecule has 140 valence electrons. The van der Waals surface area contributed by atoms with Gasteiger partial charge in [0, 0.05) is 10.0 Å². The lowest BCUT2D eigenvalue weighted by atomic mass is 10.2. The highest BCUT2D eigenvalue weighted by Gasteiger charge is 2.19. The fourth-order valence-electron chi connectivity index (χ4n) is 2.26. The molecule has 0 spiro atoms. The molecule has 0 heterocycles. The van der Waals surface area contributed by atoms with Gasteiger partial charge >= 0.3 is 0 Å². The van der Waals surface area contributed by atoms with Gasteiger partial charge in [-0.05, 0) is 36.8 Å². The minimum atomic E-state index is -3.90. The molecule has 0 atom stereocenters. The number of methoxy groups -OCH3 is 3. The Morgan fingerprint density at radius 3 is 2.35 bits per heavy atom. The van der Waals surface area contributed by atoms with Crippen LogP contribution < -0.4 is 19.0 Å². The predicted molar refractivity (Wildman–Crippen MR) is 103 cm³/mol. The van der Waals surface area contributed by atoms with Crippen LogP contribution in [0.15, 0.2) is 44.8 Å². The van der Waals surface area contributed by atoms with Crippen LogP contribution in [-0.2, 0) is 10.0 Å². The Bertz CT molecular complexity index is 929. The SMILES string of the molecule is COc1ccc(C)cc1S(=O)(=O)N/N=C/c1cc(Br)cc(OC)c1OC. The van der Waals surface area contributed by atoms with Crippen LogP contribution in [0.5, 0.6) is 17.2 Å². The minimum absolute atomic E-state index is 0.0101. The van der Waals surface area contributed by atoms with Gasteiger partial charge < -0.3 is 14.2 Å². The number of rotatable bonds is 7. The van der Waals surface area contributed by atoms with Crippen LogP contribution in [0.4, 0.5) is 0 Å². The minimum Gasteiger partial charge on any atom is -0.495 e. The van der Waals surface area contributed by atoms with Crippen LogP contribution in [0.25, 0.3) is 0 Å². The zero-order valence-electron chi connectivity index (χ0n) is 14.7. The van der Waals surface area contributed by atoms with Crippen LogP contribution in [0, 0.1) is 6.92 Å². The molecule has 0 aliphatic rings. The molecule has 0 saturated carbocycles. The van der Waals surface area contributed by atoms with E-state index in [9.17, 15) is 8.42 Å². The summed E-state index contributed by atoms with van der Waals surface area (Å²) >= 11 is 3.36. The summed E-state index contributed by atoms with van der Waals surface area (Å²) in [4.78, 5) is 2.19. The normalized spacial score (nSPS) is 11.4. The second-order valence-electron chi connectivity index (χ2n) is 5.24. The molecule has 0 bridgehead atoms. The van der Waals surface area contributed by atoms with Crippen LogP contribution in [0.1, 0.15) is 11.1 Å². The molecule has 0 amide bonds. The number of hydrogen-bond donors (Lipinski definition) is 1. The number of nitrogens with one attached hydrogen (secondary N) is 1. The molecule has 0 aromatic heterocycles. The van der Waals surface area contributed by atoms with Crippen LogP contribution in [-0.4, -0.2) is 36.0 Å². The maximum atomic E-state index is 12.5. The monoisotopic (exact) mass is 442 g/mol. The largest absolute Gasteiger partial charge is 0.495 e. The third-order valence-electron chi connectivity index (χ3n) is 3.46. The Balaban J connectivity index is 2.34. The Kier molecular flexibility index (Phi) is 6.49. The Hall–Kier alpha value is -2.26. The molecule has 1 N–H and O–H groups in total. The Labute approximate surface area is 161 Å².